The Morgan fingerprint density at radius 3 is 2.04 bits per heavy atom. The average molecular weight is 377 g/mol. The smallest absolute Gasteiger partial charge is 0.235 e. The molecule has 0 saturated carbocycles. The van der Waals surface area contributed by atoms with Gasteiger partial charge in [0.05, 0.1) is 5.92 Å². The number of rotatable bonds is 4. The van der Waals surface area contributed by atoms with Gasteiger partial charge < -0.3 is 4.90 Å². The molecule has 0 N–H and O–H groups in total. The number of hydrogen-bond donors (Lipinski definition) is 0. The fraction of sp³-hybridized carbons (Fsp3) is 0.174. The van der Waals surface area contributed by atoms with Crippen LogP contribution in [0.15, 0.2) is 84.9 Å². The zero-order valence-electron chi connectivity index (χ0n) is 14.8. The van der Waals surface area contributed by atoms with Crippen molar-refractivity contribution >= 4 is 17.7 Å². The first-order chi connectivity index (χ1) is 13.3. The van der Waals surface area contributed by atoms with Crippen molar-refractivity contribution in [3.05, 3.63) is 107 Å². The van der Waals surface area contributed by atoms with Gasteiger partial charge in [-0.05, 0) is 17.2 Å². The molecule has 3 aromatic carbocycles. The number of hydrogen-bond acceptors (Lipinski definition) is 2. The highest BCUT2D eigenvalue weighted by atomic mass is 32.2. The van der Waals surface area contributed by atoms with E-state index in [0.717, 1.165) is 16.9 Å². The van der Waals surface area contributed by atoms with Gasteiger partial charge in [0.25, 0.3) is 0 Å². The molecular weight excluding hydrogens is 357 g/mol. The molecule has 136 valence electrons. The molecule has 0 aromatic heterocycles. The second-order valence-electron chi connectivity index (χ2n) is 6.53. The van der Waals surface area contributed by atoms with Crippen molar-refractivity contribution in [1.82, 2.24) is 4.90 Å². The third-order valence-corrected chi connectivity index (χ3v) is 6.10. The van der Waals surface area contributed by atoms with Crippen LogP contribution in [-0.4, -0.2) is 23.1 Å². The van der Waals surface area contributed by atoms with Gasteiger partial charge in [-0.2, -0.15) is 0 Å². The zero-order chi connectivity index (χ0) is 18.6. The summed E-state index contributed by atoms with van der Waals surface area (Å²) >= 11 is 1.62. The van der Waals surface area contributed by atoms with E-state index in [4.69, 9.17) is 0 Å². The molecule has 0 bridgehead atoms. The molecule has 1 saturated heterocycles. The van der Waals surface area contributed by atoms with Gasteiger partial charge in [0.1, 0.15) is 11.2 Å². The van der Waals surface area contributed by atoms with E-state index in [1.165, 1.54) is 6.07 Å². The lowest BCUT2D eigenvalue weighted by Gasteiger charge is -2.29. The Labute approximate surface area is 163 Å². The monoisotopic (exact) mass is 377 g/mol. The Bertz CT molecular complexity index is 876. The summed E-state index contributed by atoms with van der Waals surface area (Å²) in [5, 5.41) is -0.284. The highest BCUT2D eigenvalue weighted by Gasteiger charge is 2.36. The van der Waals surface area contributed by atoms with E-state index in [1.807, 2.05) is 71.6 Å². The third-order valence-electron chi connectivity index (χ3n) is 4.86. The topological polar surface area (TPSA) is 20.3 Å². The van der Waals surface area contributed by atoms with Crippen LogP contribution in [0, 0.1) is 5.82 Å². The highest BCUT2D eigenvalue weighted by Crippen LogP contribution is 2.41. The second kappa shape index (κ2) is 7.97. The van der Waals surface area contributed by atoms with Crippen molar-refractivity contribution in [2.45, 2.75) is 11.3 Å². The van der Waals surface area contributed by atoms with Gasteiger partial charge in [0.15, 0.2) is 0 Å². The van der Waals surface area contributed by atoms with Gasteiger partial charge in [0.2, 0.25) is 5.91 Å². The zero-order valence-corrected chi connectivity index (χ0v) is 15.6. The number of thioether (sulfide) groups is 1. The Morgan fingerprint density at radius 1 is 0.889 bits per heavy atom. The van der Waals surface area contributed by atoms with Gasteiger partial charge in [-0.3, -0.25) is 4.79 Å². The molecule has 0 spiro atoms. The van der Waals surface area contributed by atoms with E-state index in [1.54, 1.807) is 23.9 Å². The minimum Gasteiger partial charge on any atom is -0.325 e. The first-order valence-corrected chi connectivity index (χ1v) is 10.1. The number of amides is 1. The molecule has 4 rings (SSSR count). The number of halogens is 1. The summed E-state index contributed by atoms with van der Waals surface area (Å²) in [4.78, 5) is 15.5. The van der Waals surface area contributed by atoms with Crippen LogP contribution in [-0.2, 0) is 4.79 Å². The van der Waals surface area contributed by atoms with E-state index in [0.29, 0.717) is 12.1 Å². The molecule has 1 amide bonds. The van der Waals surface area contributed by atoms with Crippen LogP contribution in [0.3, 0.4) is 0 Å². The van der Waals surface area contributed by atoms with Crippen LogP contribution in [0.5, 0.6) is 0 Å². The molecule has 4 heteroatoms. The molecule has 1 heterocycles. The summed E-state index contributed by atoms with van der Waals surface area (Å²) in [7, 11) is 0. The van der Waals surface area contributed by atoms with Gasteiger partial charge >= 0.3 is 0 Å². The molecule has 1 fully saturated rings. The van der Waals surface area contributed by atoms with Crippen molar-refractivity contribution in [2.24, 2.45) is 0 Å². The SMILES string of the molecule is O=C(C(c1ccccc1)c1ccccc1)N1CCSC1c1ccccc1F. The first kappa shape index (κ1) is 17.8. The van der Waals surface area contributed by atoms with Crippen LogP contribution in [0.2, 0.25) is 0 Å². The molecule has 1 aliphatic heterocycles. The standard InChI is InChI=1S/C23H20FNOS/c24-20-14-8-7-13-19(20)23-25(15-16-27-23)22(26)21(17-9-3-1-4-10-17)18-11-5-2-6-12-18/h1-14,21,23H,15-16H2. The predicted octanol–water partition coefficient (Wildman–Crippen LogP) is 5.23. The third kappa shape index (κ3) is 3.62. The maximum absolute atomic E-state index is 14.4. The van der Waals surface area contributed by atoms with Crippen LogP contribution < -0.4 is 0 Å². The highest BCUT2D eigenvalue weighted by molar-refractivity contribution is 7.99. The Balaban J connectivity index is 1.72. The Kier molecular flexibility index (Phi) is 5.26. The van der Waals surface area contributed by atoms with Gasteiger partial charge in [0, 0.05) is 17.9 Å². The number of carbonyl (C=O) groups is 1. The number of carbonyl (C=O) groups excluding carboxylic acids is 1. The van der Waals surface area contributed by atoms with E-state index in [-0.39, 0.29) is 23.0 Å². The first-order valence-electron chi connectivity index (χ1n) is 9.02. The van der Waals surface area contributed by atoms with Crippen molar-refractivity contribution in [3.63, 3.8) is 0 Å². The molecule has 0 aliphatic carbocycles. The molecule has 2 nitrogen and oxygen atoms in total. The molecular formula is C23H20FNOS. The molecule has 1 aliphatic rings. The molecule has 0 radical (unpaired) electrons. The van der Waals surface area contributed by atoms with Gasteiger partial charge in [-0.1, -0.05) is 78.9 Å². The number of benzene rings is 3. The minimum atomic E-state index is -0.389. The Hall–Kier alpha value is -2.59. The van der Waals surface area contributed by atoms with Crippen LogP contribution in [0.1, 0.15) is 28.0 Å². The Morgan fingerprint density at radius 2 is 1.44 bits per heavy atom. The summed E-state index contributed by atoms with van der Waals surface area (Å²) in [6, 6.07) is 26.4. The summed E-state index contributed by atoms with van der Waals surface area (Å²) < 4.78 is 14.4. The number of nitrogens with zero attached hydrogens (tertiary/aromatic N) is 1. The van der Waals surface area contributed by atoms with Crippen molar-refractivity contribution in [1.29, 1.82) is 0 Å². The molecule has 1 unspecified atom stereocenters. The van der Waals surface area contributed by atoms with Crippen molar-refractivity contribution in [2.75, 3.05) is 12.3 Å². The molecule has 3 aromatic rings. The van der Waals surface area contributed by atoms with Crippen molar-refractivity contribution < 1.29 is 9.18 Å². The second-order valence-corrected chi connectivity index (χ2v) is 7.72. The fourth-order valence-electron chi connectivity index (χ4n) is 3.56. The van der Waals surface area contributed by atoms with E-state index in [9.17, 15) is 9.18 Å². The normalized spacial score (nSPS) is 16.7. The van der Waals surface area contributed by atoms with Crippen LogP contribution in [0.25, 0.3) is 0 Å². The lowest BCUT2D eigenvalue weighted by Crippen LogP contribution is -2.35. The summed E-state index contributed by atoms with van der Waals surface area (Å²) in [6.07, 6.45) is 0. The van der Waals surface area contributed by atoms with E-state index >= 15 is 0 Å². The van der Waals surface area contributed by atoms with Crippen LogP contribution >= 0.6 is 11.8 Å². The maximum Gasteiger partial charge on any atom is 0.235 e. The quantitative estimate of drug-likeness (QED) is 0.620. The van der Waals surface area contributed by atoms with Gasteiger partial charge in [-0.15, -0.1) is 11.8 Å². The average Bonchev–Trinajstić information content (AvgIpc) is 3.20. The fourth-order valence-corrected chi connectivity index (χ4v) is 4.85. The molecule has 27 heavy (non-hydrogen) atoms. The van der Waals surface area contributed by atoms with Gasteiger partial charge in [-0.25, -0.2) is 4.39 Å². The summed E-state index contributed by atoms with van der Waals surface area (Å²) in [5.41, 5.74) is 2.49. The molecule has 1 atom stereocenters. The van der Waals surface area contributed by atoms with E-state index < -0.39 is 0 Å². The largest absolute Gasteiger partial charge is 0.325 e. The lowest BCUT2D eigenvalue weighted by atomic mass is 9.90. The predicted molar refractivity (Wildman–Crippen MR) is 108 cm³/mol. The summed E-state index contributed by atoms with van der Waals surface area (Å²) in [6.45, 7) is 0.624. The van der Waals surface area contributed by atoms with E-state index in [2.05, 4.69) is 0 Å². The lowest BCUT2D eigenvalue weighted by molar-refractivity contribution is -0.132. The summed E-state index contributed by atoms with van der Waals surface area (Å²) in [5.74, 6) is 0.179. The van der Waals surface area contributed by atoms with Crippen molar-refractivity contribution in [3.8, 4) is 0 Å². The minimum absolute atomic E-state index is 0.0191. The maximum atomic E-state index is 14.4. The van der Waals surface area contributed by atoms with Crippen LogP contribution in [0.4, 0.5) is 4.39 Å².